The zero-order valence-corrected chi connectivity index (χ0v) is 8.69. The van der Waals surface area contributed by atoms with Crippen LogP contribution in [0.25, 0.3) is 11.0 Å². The Hall–Kier alpha value is -2.28. The number of ether oxygens (including phenoxy) is 1. The molecule has 16 heavy (non-hydrogen) atoms. The van der Waals surface area contributed by atoms with Gasteiger partial charge >= 0.3 is 0 Å². The molecule has 0 aliphatic carbocycles. The van der Waals surface area contributed by atoms with Gasteiger partial charge in [0.15, 0.2) is 29.5 Å². The summed E-state index contributed by atoms with van der Waals surface area (Å²) in [7, 11) is 0. The van der Waals surface area contributed by atoms with E-state index in [1.54, 1.807) is 18.2 Å². The molecule has 0 fully saturated rings. The Morgan fingerprint density at radius 1 is 1.56 bits per heavy atom. The number of furan rings is 1. The van der Waals surface area contributed by atoms with Crippen LogP contribution in [0.5, 0.6) is 5.75 Å². The summed E-state index contributed by atoms with van der Waals surface area (Å²) in [5, 5.41) is 9.23. The summed E-state index contributed by atoms with van der Waals surface area (Å²) in [6, 6.07) is 8.85. The molecule has 0 saturated carbocycles. The number of hydrogen-bond acceptors (Lipinski definition) is 4. The van der Waals surface area contributed by atoms with E-state index >= 15 is 0 Å². The zero-order chi connectivity index (χ0) is 11.5. The zero-order valence-electron chi connectivity index (χ0n) is 8.69. The number of fused-ring (bicyclic) bond motifs is 1. The van der Waals surface area contributed by atoms with E-state index in [0.29, 0.717) is 17.1 Å². The Kier molecular flexibility index (Phi) is 2.61. The minimum Gasteiger partial charge on any atom is -0.475 e. The van der Waals surface area contributed by atoms with Crippen molar-refractivity contribution in [2.45, 2.75) is 6.92 Å². The van der Waals surface area contributed by atoms with Gasteiger partial charge in [-0.1, -0.05) is 12.1 Å². The number of carbonyl (C=O) groups excluding carboxylic acids is 1. The largest absolute Gasteiger partial charge is 0.475 e. The fraction of sp³-hybridized carbons (Fsp3) is 0.167. The molecule has 1 heterocycles. The predicted octanol–water partition coefficient (Wildman–Crippen LogP) is 2.54. The number of nitrogens with zero attached hydrogens (tertiary/aromatic N) is 1. The van der Waals surface area contributed by atoms with Gasteiger partial charge in [-0.2, -0.15) is 5.26 Å². The van der Waals surface area contributed by atoms with Crippen molar-refractivity contribution in [2.24, 2.45) is 0 Å². The van der Waals surface area contributed by atoms with Crippen LogP contribution < -0.4 is 4.74 Å². The molecule has 2 rings (SSSR count). The number of benzene rings is 1. The van der Waals surface area contributed by atoms with Gasteiger partial charge in [0.25, 0.3) is 0 Å². The summed E-state index contributed by atoms with van der Waals surface area (Å²) < 4.78 is 10.6. The summed E-state index contributed by atoms with van der Waals surface area (Å²) in [5.41, 5.74) is 0.503. The molecule has 2 aromatic rings. The van der Waals surface area contributed by atoms with Crippen LogP contribution in [0.1, 0.15) is 17.5 Å². The SMILES string of the molecule is CC(=O)c1cc2cccc(OCC#N)c2o1. The molecule has 0 amide bonds. The van der Waals surface area contributed by atoms with Crippen molar-refractivity contribution >= 4 is 16.8 Å². The van der Waals surface area contributed by atoms with Crippen molar-refractivity contribution in [1.29, 1.82) is 5.26 Å². The minimum absolute atomic E-state index is 0.0464. The lowest BCUT2D eigenvalue weighted by molar-refractivity contribution is 0.0989. The first-order valence-corrected chi connectivity index (χ1v) is 4.75. The molecule has 0 radical (unpaired) electrons. The van der Waals surface area contributed by atoms with Crippen molar-refractivity contribution in [3.8, 4) is 11.8 Å². The highest BCUT2D eigenvalue weighted by molar-refractivity contribution is 5.97. The predicted molar refractivity (Wildman–Crippen MR) is 57.3 cm³/mol. The number of carbonyl (C=O) groups is 1. The van der Waals surface area contributed by atoms with E-state index in [-0.39, 0.29) is 12.4 Å². The van der Waals surface area contributed by atoms with Gasteiger partial charge in [-0.05, 0) is 12.1 Å². The summed E-state index contributed by atoms with van der Waals surface area (Å²) in [5.74, 6) is 0.636. The van der Waals surface area contributed by atoms with Crippen LogP contribution in [0.4, 0.5) is 0 Å². The standard InChI is InChI=1S/C12H9NO3/c1-8(14)11-7-9-3-2-4-10(12(9)16-11)15-6-5-13/h2-4,7H,6H2,1H3. The average molecular weight is 215 g/mol. The van der Waals surface area contributed by atoms with Gasteiger partial charge < -0.3 is 9.15 Å². The van der Waals surface area contributed by atoms with Crippen LogP contribution in [0.15, 0.2) is 28.7 Å². The lowest BCUT2D eigenvalue weighted by atomic mass is 10.2. The molecule has 0 N–H and O–H groups in total. The summed E-state index contributed by atoms with van der Waals surface area (Å²) >= 11 is 0. The van der Waals surface area contributed by atoms with Crippen molar-refractivity contribution in [3.63, 3.8) is 0 Å². The lowest BCUT2D eigenvalue weighted by Crippen LogP contribution is -1.93. The third kappa shape index (κ3) is 1.75. The highest BCUT2D eigenvalue weighted by Crippen LogP contribution is 2.28. The molecular formula is C12H9NO3. The molecule has 0 bridgehead atoms. The smallest absolute Gasteiger partial charge is 0.194 e. The van der Waals surface area contributed by atoms with Gasteiger partial charge in [0.1, 0.15) is 6.07 Å². The molecule has 0 spiro atoms. The van der Waals surface area contributed by atoms with E-state index in [1.165, 1.54) is 6.92 Å². The van der Waals surface area contributed by atoms with Crippen LogP contribution in [-0.4, -0.2) is 12.4 Å². The molecule has 0 unspecified atom stereocenters. The number of nitriles is 1. The minimum atomic E-state index is -0.137. The fourth-order valence-corrected chi connectivity index (χ4v) is 1.43. The van der Waals surface area contributed by atoms with E-state index in [4.69, 9.17) is 14.4 Å². The molecule has 1 aromatic heterocycles. The van der Waals surface area contributed by atoms with Crippen LogP contribution in [-0.2, 0) is 0 Å². The fourth-order valence-electron chi connectivity index (χ4n) is 1.43. The molecule has 80 valence electrons. The van der Waals surface area contributed by atoms with E-state index in [0.717, 1.165) is 5.39 Å². The Morgan fingerprint density at radius 2 is 2.38 bits per heavy atom. The molecular weight excluding hydrogens is 206 g/mol. The number of ketones is 1. The summed E-state index contributed by atoms with van der Waals surface area (Å²) in [6.07, 6.45) is 0. The van der Waals surface area contributed by atoms with E-state index in [9.17, 15) is 4.79 Å². The second-order valence-corrected chi connectivity index (χ2v) is 3.29. The third-order valence-electron chi connectivity index (χ3n) is 2.15. The van der Waals surface area contributed by atoms with Crippen LogP contribution in [0, 0.1) is 11.3 Å². The first-order valence-electron chi connectivity index (χ1n) is 4.75. The van der Waals surface area contributed by atoms with Gasteiger partial charge in [-0.25, -0.2) is 0 Å². The molecule has 0 aliphatic heterocycles. The van der Waals surface area contributed by atoms with Crippen molar-refractivity contribution in [2.75, 3.05) is 6.61 Å². The molecule has 0 atom stereocenters. The Morgan fingerprint density at radius 3 is 3.06 bits per heavy atom. The maximum atomic E-state index is 11.2. The van der Waals surface area contributed by atoms with Crippen LogP contribution in [0.2, 0.25) is 0 Å². The molecule has 4 heteroatoms. The average Bonchev–Trinajstić information content (AvgIpc) is 2.70. The van der Waals surface area contributed by atoms with E-state index < -0.39 is 0 Å². The lowest BCUT2D eigenvalue weighted by Gasteiger charge is -2.00. The van der Waals surface area contributed by atoms with E-state index in [2.05, 4.69) is 0 Å². The van der Waals surface area contributed by atoms with Crippen molar-refractivity contribution in [3.05, 3.63) is 30.0 Å². The highest BCUT2D eigenvalue weighted by atomic mass is 16.5. The number of hydrogen-bond donors (Lipinski definition) is 0. The number of rotatable bonds is 3. The summed E-state index contributed by atoms with van der Waals surface area (Å²) in [4.78, 5) is 11.2. The third-order valence-corrected chi connectivity index (χ3v) is 2.15. The van der Waals surface area contributed by atoms with Gasteiger partial charge in [-0.3, -0.25) is 4.79 Å². The summed E-state index contributed by atoms with van der Waals surface area (Å²) in [6.45, 7) is 1.39. The normalized spacial score (nSPS) is 10.0. The van der Waals surface area contributed by atoms with E-state index in [1.807, 2.05) is 12.1 Å². The van der Waals surface area contributed by atoms with Crippen molar-refractivity contribution in [1.82, 2.24) is 0 Å². The van der Waals surface area contributed by atoms with Crippen molar-refractivity contribution < 1.29 is 13.9 Å². The maximum absolute atomic E-state index is 11.2. The number of para-hydroxylation sites is 1. The Balaban J connectivity index is 2.50. The van der Waals surface area contributed by atoms with Gasteiger partial charge in [-0.15, -0.1) is 0 Å². The maximum Gasteiger partial charge on any atom is 0.194 e. The molecule has 1 aromatic carbocycles. The van der Waals surface area contributed by atoms with Gasteiger partial charge in [0.05, 0.1) is 0 Å². The Bertz CT molecular complexity index is 577. The molecule has 0 saturated heterocycles. The monoisotopic (exact) mass is 215 g/mol. The quantitative estimate of drug-likeness (QED) is 0.738. The first-order chi connectivity index (χ1) is 7.72. The molecule has 4 nitrogen and oxygen atoms in total. The van der Waals surface area contributed by atoms with Gasteiger partial charge in [0, 0.05) is 12.3 Å². The Labute approximate surface area is 92.0 Å². The van der Waals surface area contributed by atoms with Gasteiger partial charge in [0.2, 0.25) is 0 Å². The topological polar surface area (TPSA) is 63.2 Å². The second kappa shape index (κ2) is 4.07. The molecule has 0 aliphatic rings. The van der Waals surface area contributed by atoms with Crippen LogP contribution >= 0.6 is 0 Å². The second-order valence-electron chi connectivity index (χ2n) is 3.29. The highest BCUT2D eigenvalue weighted by Gasteiger charge is 2.11. The van der Waals surface area contributed by atoms with Crippen LogP contribution in [0.3, 0.4) is 0 Å². The number of Topliss-reactive ketones (excluding diaryl/α,β-unsaturated/α-hetero) is 1. The first kappa shape index (κ1) is 10.2.